The van der Waals surface area contributed by atoms with Crippen LogP contribution in [0.1, 0.15) is 5.69 Å². The van der Waals surface area contributed by atoms with Crippen molar-refractivity contribution in [3.8, 4) is 5.69 Å². The van der Waals surface area contributed by atoms with Crippen LogP contribution in [-0.2, 0) is 6.54 Å². The number of likely N-dealkylation sites (N-methyl/N-ethyl adjacent to an activating group) is 1. The Hall–Kier alpha value is -1.65. The van der Waals surface area contributed by atoms with Gasteiger partial charge in [-0.05, 0) is 32.3 Å². The zero-order valence-electron chi connectivity index (χ0n) is 11.0. The van der Waals surface area contributed by atoms with Gasteiger partial charge in [0.1, 0.15) is 0 Å². The summed E-state index contributed by atoms with van der Waals surface area (Å²) in [4.78, 5) is 2.16. The third-order valence-corrected chi connectivity index (χ3v) is 2.71. The predicted molar refractivity (Wildman–Crippen MR) is 73.8 cm³/mol. The zero-order chi connectivity index (χ0) is 12.8. The van der Waals surface area contributed by atoms with E-state index in [2.05, 4.69) is 47.6 Å². The van der Waals surface area contributed by atoms with E-state index in [9.17, 15) is 0 Å². The predicted octanol–water partition coefficient (Wildman–Crippen LogP) is 1.52. The second kappa shape index (κ2) is 6.33. The maximum Gasteiger partial charge on any atom is 0.0766 e. The van der Waals surface area contributed by atoms with Crippen LogP contribution in [0.2, 0.25) is 0 Å². The van der Waals surface area contributed by atoms with Crippen molar-refractivity contribution in [1.82, 2.24) is 20.0 Å². The molecular formula is C14H20N4. The smallest absolute Gasteiger partial charge is 0.0766 e. The number of nitrogens with zero attached hydrogens (tertiary/aromatic N) is 3. The molecule has 0 saturated carbocycles. The lowest BCUT2D eigenvalue weighted by Crippen LogP contribution is -2.26. The standard InChI is InChI=1S/C14H20N4/c1-17(2)11-9-15-12-13-8-10-18(16-13)14-6-4-3-5-7-14/h3-8,10,15H,9,11-12H2,1-2H3. The molecule has 1 N–H and O–H groups in total. The minimum Gasteiger partial charge on any atom is -0.310 e. The molecule has 0 radical (unpaired) electrons. The van der Waals surface area contributed by atoms with Crippen molar-refractivity contribution in [3.05, 3.63) is 48.3 Å². The van der Waals surface area contributed by atoms with E-state index in [0.29, 0.717) is 0 Å². The highest BCUT2D eigenvalue weighted by atomic mass is 15.3. The minimum absolute atomic E-state index is 0.813. The maximum absolute atomic E-state index is 4.54. The van der Waals surface area contributed by atoms with Crippen LogP contribution in [0.4, 0.5) is 0 Å². The Balaban J connectivity index is 1.87. The molecule has 0 aliphatic carbocycles. The van der Waals surface area contributed by atoms with Gasteiger partial charge in [-0.3, -0.25) is 0 Å². The van der Waals surface area contributed by atoms with E-state index < -0.39 is 0 Å². The lowest BCUT2D eigenvalue weighted by molar-refractivity contribution is 0.399. The van der Waals surface area contributed by atoms with Crippen molar-refractivity contribution in [3.63, 3.8) is 0 Å². The molecular weight excluding hydrogens is 224 g/mol. The van der Waals surface area contributed by atoms with Crippen LogP contribution < -0.4 is 5.32 Å². The summed E-state index contributed by atoms with van der Waals surface area (Å²) >= 11 is 0. The van der Waals surface area contributed by atoms with Gasteiger partial charge in [-0.2, -0.15) is 5.10 Å². The third kappa shape index (κ3) is 3.68. The lowest BCUT2D eigenvalue weighted by atomic mass is 10.3. The highest BCUT2D eigenvalue weighted by molar-refractivity contribution is 5.30. The van der Waals surface area contributed by atoms with Crippen molar-refractivity contribution in [2.75, 3.05) is 27.2 Å². The molecule has 0 spiro atoms. The first-order valence-corrected chi connectivity index (χ1v) is 6.21. The van der Waals surface area contributed by atoms with Gasteiger partial charge in [0.2, 0.25) is 0 Å². The van der Waals surface area contributed by atoms with Crippen molar-refractivity contribution < 1.29 is 0 Å². The number of hydrogen-bond donors (Lipinski definition) is 1. The fraction of sp³-hybridized carbons (Fsp3) is 0.357. The number of para-hydroxylation sites is 1. The monoisotopic (exact) mass is 244 g/mol. The average molecular weight is 244 g/mol. The maximum atomic E-state index is 4.54. The Morgan fingerprint density at radius 3 is 2.67 bits per heavy atom. The fourth-order valence-corrected chi connectivity index (χ4v) is 1.70. The summed E-state index contributed by atoms with van der Waals surface area (Å²) in [5.41, 5.74) is 2.16. The molecule has 2 aromatic rings. The van der Waals surface area contributed by atoms with E-state index in [0.717, 1.165) is 31.0 Å². The van der Waals surface area contributed by atoms with E-state index in [1.807, 2.05) is 29.1 Å². The normalized spacial score (nSPS) is 11.1. The molecule has 0 fully saturated rings. The Labute approximate surface area is 108 Å². The second-order valence-corrected chi connectivity index (χ2v) is 4.57. The van der Waals surface area contributed by atoms with Crippen LogP contribution in [0.25, 0.3) is 5.69 Å². The average Bonchev–Trinajstić information content (AvgIpc) is 2.84. The van der Waals surface area contributed by atoms with Crippen LogP contribution in [0.3, 0.4) is 0 Å². The molecule has 0 aliphatic heterocycles. The molecule has 1 heterocycles. The Bertz CT molecular complexity index is 462. The van der Waals surface area contributed by atoms with E-state index in [1.165, 1.54) is 0 Å². The van der Waals surface area contributed by atoms with Gasteiger partial charge in [-0.1, -0.05) is 18.2 Å². The summed E-state index contributed by atoms with van der Waals surface area (Å²) in [6.07, 6.45) is 2.00. The van der Waals surface area contributed by atoms with Gasteiger partial charge in [-0.15, -0.1) is 0 Å². The number of aromatic nitrogens is 2. The van der Waals surface area contributed by atoms with Crippen molar-refractivity contribution >= 4 is 0 Å². The summed E-state index contributed by atoms with van der Waals surface area (Å²) in [5.74, 6) is 0. The molecule has 0 aliphatic rings. The van der Waals surface area contributed by atoms with Gasteiger partial charge in [0.05, 0.1) is 11.4 Å². The van der Waals surface area contributed by atoms with Gasteiger partial charge in [-0.25, -0.2) is 4.68 Å². The molecule has 2 rings (SSSR count). The molecule has 0 bridgehead atoms. The first-order valence-electron chi connectivity index (χ1n) is 6.21. The van der Waals surface area contributed by atoms with E-state index in [1.54, 1.807) is 0 Å². The lowest BCUT2D eigenvalue weighted by Gasteiger charge is -2.09. The van der Waals surface area contributed by atoms with Gasteiger partial charge < -0.3 is 10.2 Å². The summed E-state index contributed by atoms with van der Waals surface area (Å²) in [6.45, 7) is 2.83. The summed E-state index contributed by atoms with van der Waals surface area (Å²) in [7, 11) is 4.15. The molecule has 1 aromatic carbocycles. The van der Waals surface area contributed by atoms with Crippen molar-refractivity contribution in [1.29, 1.82) is 0 Å². The van der Waals surface area contributed by atoms with Crippen LogP contribution in [-0.4, -0.2) is 41.9 Å². The first kappa shape index (κ1) is 12.8. The molecule has 0 unspecified atom stereocenters. The van der Waals surface area contributed by atoms with E-state index in [-0.39, 0.29) is 0 Å². The molecule has 18 heavy (non-hydrogen) atoms. The van der Waals surface area contributed by atoms with Crippen LogP contribution in [0, 0.1) is 0 Å². The highest BCUT2D eigenvalue weighted by Crippen LogP contribution is 2.06. The number of rotatable bonds is 6. The van der Waals surface area contributed by atoms with E-state index in [4.69, 9.17) is 0 Å². The third-order valence-electron chi connectivity index (χ3n) is 2.71. The van der Waals surface area contributed by atoms with Crippen molar-refractivity contribution in [2.24, 2.45) is 0 Å². The van der Waals surface area contributed by atoms with Gasteiger partial charge >= 0.3 is 0 Å². The number of nitrogens with one attached hydrogen (secondary N) is 1. The Morgan fingerprint density at radius 1 is 1.17 bits per heavy atom. The molecule has 1 aromatic heterocycles. The molecule has 0 amide bonds. The molecule has 0 saturated heterocycles. The molecule has 0 atom stereocenters. The fourth-order valence-electron chi connectivity index (χ4n) is 1.70. The largest absolute Gasteiger partial charge is 0.310 e. The van der Waals surface area contributed by atoms with Gasteiger partial charge in [0.25, 0.3) is 0 Å². The van der Waals surface area contributed by atoms with Crippen LogP contribution >= 0.6 is 0 Å². The summed E-state index contributed by atoms with van der Waals surface area (Å²) < 4.78 is 1.91. The SMILES string of the molecule is CN(C)CCNCc1ccn(-c2ccccc2)n1. The van der Waals surface area contributed by atoms with Crippen molar-refractivity contribution in [2.45, 2.75) is 6.54 Å². The molecule has 4 heteroatoms. The summed E-state index contributed by atoms with van der Waals surface area (Å²) in [5, 5.41) is 7.92. The Morgan fingerprint density at radius 2 is 1.94 bits per heavy atom. The first-order chi connectivity index (χ1) is 8.75. The topological polar surface area (TPSA) is 33.1 Å². The van der Waals surface area contributed by atoms with E-state index >= 15 is 0 Å². The molecule has 96 valence electrons. The van der Waals surface area contributed by atoms with Crippen LogP contribution in [0.5, 0.6) is 0 Å². The molecule has 4 nitrogen and oxygen atoms in total. The quantitative estimate of drug-likeness (QED) is 0.782. The second-order valence-electron chi connectivity index (χ2n) is 4.57. The van der Waals surface area contributed by atoms with Gasteiger partial charge in [0.15, 0.2) is 0 Å². The summed E-state index contributed by atoms with van der Waals surface area (Å²) in [6, 6.07) is 12.2. The van der Waals surface area contributed by atoms with Crippen LogP contribution in [0.15, 0.2) is 42.6 Å². The Kier molecular flexibility index (Phi) is 4.50. The number of benzene rings is 1. The minimum atomic E-state index is 0.813. The zero-order valence-corrected chi connectivity index (χ0v) is 11.0. The van der Waals surface area contributed by atoms with Gasteiger partial charge in [0, 0.05) is 25.8 Å². The number of hydrogen-bond acceptors (Lipinski definition) is 3. The highest BCUT2D eigenvalue weighted by Gasteiger charge is 2.00.